The maximum Gasteiger partial charge on any atom is 0.0958 e. The fourth-order valence-electron chi connectivity index (χ4n) is 1.48. The molecule has 90 valence electrons. The molecule has 0 unspecified atom stereocenters. The van der Waals surface area contributed by atoms with Crippen LogP contribution in [0.3, 0.4) is 0 Å². The lowest BCUT2D eigenvalue weighted by molar-refractivity contribution is 0.709. The van der Waals surface area contributed by atoms with Gasteiger partial charge in [-0.15, -0.1) is 0 Å². The van der Waals surface area contributed by atoms with Crippen molar-refractivity contribution in [1.82, 2.24) is 0 Å². The highest BCUT2D eigenvalue weighted by Crippen LogP contribution is 2.55. The molecule has 0 aromatic heterocycles. The summed E-state index contributed by atoms with van der Waals surface area (Å²) in [4.78, 5) is 0. The second-order valence-corrected chi connectivity index (χ2v) is 16.2. The van der Waals surface area contributed by atoms with Gasteiger partial charge in [0.15, 0.2) is 0 Å². The van der Waals surface area contributed by atoms with E-state index in [9.17, 15) is 0 Å². The minimum atomic E-state index is -1.54. The molecule has 1 aromatic rings. The van der Waals surface area contributed by atoms with Crippen molar-refractivity contribution < 1.29 is 0 Å². The second-order valence-electron chi connectivity index (χ2n) is 5.82. The number of benzene rings is 1. The first kappa shape index (κ1) is 14.5. The molecule has 0 bridgehead atoms. The van der Waals surface area contributed by atoms with Crippen molar-refractivity contribution >= 4 is 39.9 Å². The van der Waals surface area contributed by atoms with E-state index in [0.29, 0.717) is 5.04 Å². The van der Waals surface area contributed by atoms with Gasteiger partial charge in [-0.05, 0) is 10.6 Å². The Balaban J connectivity index is 3.22. The summed E-state index contributed by atoms with van der Waals surface area (Å²) in [7, 11) is -1.54. The molecule has 0 aliphatic carbocycles. The zero-order valence-corrected chi connectivity index (χ0v) is 14.8. The fraction of sp³-hybridized carbons (Fsp3) is 0.538. The highest BCUT2D eigenvalue weighted by atomic mass is 79.9. The van der Waals surface area contributed by atoms with E-state index in [-0.39, 0.29) is 2.86 Å². The molecule has 3 heteroatoms. The van der Waals surface area contributed by atoms with Gasteiger partial charge in [-0.2, -0.15) is 0 Å². The van der Waals surface area contributed by atoms with Gasteiger partial charge in [0.05, 0.1) is 10.9 Å². The molecule has 0 amide bonds. The third-order valence-corrected chi connectivity index (χ3v) is 16.3. The van der Waals surface area contributed by atoms with Crippen LogP contribution < -0.4 is 0 Å². The smallest absolute Gasteiger partial charge is 0.0714 e. The van der Waals surface area contributed by atoms with E-state index in [1.165, 1.54) is 5.56 Å². The molecule has 0 atom stereocenters. The number of hydrogen-bond donors (Lipinski definition) is 0. The molecular formula is C13H20Br2Si. The lowest BCUT2D eigenvalue weighted by Crippen LogP contribution is -2.50. The SMILES string of the molecule is CC(C)(C)[Si](C)(C)C(Br)(Br)c1ccccc1. The third kappa shape index (κ3) is 2.46. The quantitative estimate of drug-likeness (QED) is 0.468. The summed E-state index contributed by atoms with van der Waals surface area (Å²) in [6.07, 6.45) is 0. The van der Waals surface area contributed by atoms with E-state index in [2.05, 4.69) is 96.1 Å². The number of halogens is 2. The van der Waals surface area contributed by atoms with Gasteiger partial charge in [-0.3, -0.25) is 0 Å². The highest BCUT2D eigenvalue weighted by molar-refractivity contribution is 9.25. The molecule has 16 heavy (non-hydrogen) atoms. The van der Waals surface area contributed by atoms with E-state index in [1.807, 2.05) is 0 Å². The summed E-state index contributed by atoms with van der Waals surface area (Å²) in [5.74, 6) is 0. The lowest BCUT2D eigenvalue weighted by Gasteiger charge is -2.46. The van der Waals surface area contributed by atoms with Crippen LogP contribution in [-0.4, -0.2) is 8.07 Å². The molecule has 0 fully saturated rings. The average Bonchev–Trinajstić information content (AvgIpc) is 2.17. The number of alkyl halides is 2. The van der Waals surface area contributed by atoms with Crippen molar-refractivity contribution in [3.05, 3.63) is 35.9 Å². The first-order valence-electron chi connectivity index (χ1n) is 5.54. The third-order valence-electron chi connectivity index (χ3n) is 3.80. The predicted octanol–water partition coefficient (Wildman–Crippen LogP) is 5.68. The van der Waals surface area contributed by atoms with Crippen molar-refractivity contribution in [3.8, 4) is 0 Å². The van der Waals surface area contributed by atoms with Crippen LogP contribution in [0.2, 0.25) is 18.1 Å². The summed E-state index contributed by atoms with van der Waals surface area (Å²) in [6, 6.07) is 10.6. The normalized spacial score (nSPS) is 13.9. The van der Waals surface area contributed by atoms with Gasteiger partial charge in [0.2, 0.25) is 0 Å². The minimum absolute atomic E-state index is 0.0630. The molecule has 1 aromatic carbocycles. The van der Waals surface area contributed by atoms with Gasteiger partial charge in [0.25, 0.3) is 0 Å². The van der Waals surface area contributed by atoms with Gasteiger partial charge in [-0.25, -0.2) is 0 Å². The van der Waals surface area contributed by atoms with E-state index in [1.54, 1.807) is 0 Å². The molecule has 0 N–H and O–H groups in total. The number of hydrogen-bond acceptors (Lipinski definition) is 0. The Morgan fingerprint density at radius 3 is 1.75 bits per heavy atom. The molecule has 0 nitrogen and oxygen atoms in total. The number of rotatable bonds is 2. The highest BCUT2D eigenvalue weighted by Gasteiger charge is 2.51. The zero-order valence-electron chi connectivity index (χ0n) is 10.6. The van der Waals surface area contributed by atoms with Gasteiger partial charge in [0.1, 0.15) is 0 Å². The van der Waals surface area contributed by atoms with Crippen LogP contribution in [0.15, 0.2) is 30.3 Å². The van der Waals surface area contributed by atoms with Crippen LogP contribution in [-0.2, 0) is 2.86 Å². The molecule has 0 aliphatic heterocycles. The summed E-state index contributed by atoms with van der Waals surface area (Å²) < 4.78 is -0.0630. The standard InChI is InChI=1S/C13H20Br2Si/c1-12(2,3)16(4,5)13(14,15)11-9-7-6-8-10-11/h6-10H,1-5H3. The Morgan fingerprint density at radius 2 is 1.38 bits per heavy atom. The monoisotopic (exact) mass is 362 g/mol. The van der Waals surface area contributed by atoms with Crippen LogP contribution >= 0.6 is 31.9 Å². The first-order valence-corrected chi connectivity index (χ1v) is 10.1. The molecule has 0 heterocycles. The summed E-state index contributed by atoms with van der Waals surface area (Å²) in [5, 5.41) is 0.329. The molecule has 0 spiro atoms. The van der Waals surface area contributed by atoms with Crippen LogP contribution in [0.1, 0.15) is 26.3 Å². The van der Waals surface area contributed by atoms with Crippen LogP contribution in [0, 0.1) is 0 Å². The first-order chi connectivity index (χ1) is 7.11. The molecule has 0 aliphatic rings. The fourth-order valence-corrected chi connectivity index (χ4v) is 7.41. The molecular weight excluding hydrogens is 344 g/mol. The maximum absolute atomic E-state index is 3.93. The lowest BCUT2D eigenvalue weighted by atomic mass is 10.2. The van der Waals surface area contributed by atoms with Crippen LogP contribution in [0.5, 0.6) is 0 Å². The summed E-state index contributed by atoms with van der Waals surface area (Å²) >= 11 is 7.85. The van der Waals surface area contributed by atoms with Crippen molar-refractivity contribution in [2.45, 2.75) is 41.8 Å². The van der Waals surface area contributed by atoms with E-state index in [0.717, 1.165) is 0 Å². The van der Waals surface area contributed by atoms with Gasteiger partial charge >= 0.3 is 0 Å². The van der Waals surface area contributed by atoms with E-state index >= 15 is 0 Å². The van der Waals surface area contributed by atoms with Crippen molar-refractivity contribution in [3.63, 3.8) is 0 Å². The largest absolute Gasteiger partial charge is 0.0958 e. The van der Waals surface area contributed by atoms with Crippen LogP contribution in [0.4, 0.5) is 0 Å². The van der Waals surface area contributed by atoms with E-state index in [4.69, 9.17) is 0 Å². The molecule has 0 saturated heterocycles. The maximum atomic E-state index is 3.93. The Bertz CT molecular complexity index is 350. The minimum Gasteiger partial charge on any atom is -0.0714 e. The summed E-state index contributed by atoms with van der Waals surface area (Å²) in [6.45, 7) is 11.8. The van der Waals surface area contributed by atoms with Crippen molar-refractivity contribution in [2.75, 3.05) is 0 Å². The van der Waals surface area contributed by atoms with Gasteiger partial charge in [-0.1, -0.05) is 96.1 Å². The molecule has 1 rings (SSSR count). The Hall–Kier alpha value is 0.397. The predicted molar refractivity (Wildman–Crippen MR) is 83.2 cm³/mol. The molecule has 0 saturated carbocycles. The second kappa shape index (κ2) is 4.58. The molecule has 0 radical (unpaired) electrons. The summed E-state index contributed by atoms with van der Waals surface area (Å²) in [5.41, 5.74) is 1.32. The zero-order chi connectivity index (χ0) is 12.6. The van der Waals surface area contributed by atoms with Crippen LogP contribution in [0.25, 0.3) is 0 Å². The topological polar surface area (TPSA) is 0 Å². The average molecular weight is 364 g/mol. The Kier molecular flexibility index (Phi) is 4.14. The van der Waals surface area contributed by atoms with Crippen molar-refractivity contribution in [1.29, 1.82) is 0 Å². The van der Waals surface area contributed by atoms with Gasteiger partial charge in [0, 0.05) is 0 Å². The Morgan fingerprint density at radius 1 is 0.938 bits per heavy atom. The van der Waals surface area contributed by atoms with E-state index < -0.39 is 8.07 Å². The Labute approximate surface area is 117 Å². The van der Waals surface area contributed by atoms with Gasteiger partial charge < -0.3 is 0 Å². The van der Waals surface area contributed by atoms with Crippen molar-refractivity contribution in [2.24, 2.45) is 0 Å².